The third kappa shape index (κ3) is 3.67. The molecular formula is C25H26N2O3. The molecule has 0 spiro atoms. The summed E-state index contributed by atoms with van der Waals surface area (Å²) in [5, 5.41) is 2.98. The second kappa shape index (κ2) is 7.90. The summed E-state index contributed by atoms with van der Waals surface area (Å²) in [7, 11) is 0. The summed E-state index contributed by atoms with van der Waals surface area (Å²) in [6, 6.07) is 15.3. The van der Waals surface area contributed by atoms with E-state index in [1.54, 1.807) is 6.08 Å². The van der Waals surface area contributed by atoms with E-state index < -0.39 is 17.8 Å². The predicted octanol–water partition coefficient (Wildman–Crippen LogP) is 3.87. The first-order valence-electron chi connectivity index (χ1n) is 10.3. The Morgan fingerprint density at radius 3 is 2.30 bits per heavy atom. The van der Waals surface area contributed by atoms with Crippen LogP contribution in [0.1, 0.15) is 23.6 Å². The number of nitrogens with one attached hydrogen (secondary N) is 1. The van der Waals surface area contributed by atoms with E-state index in [9.17, 15) is 14.4 Å². The van der Waals surface area contributed by atoms with E-state index in [0.29, 0.717) is 5.69 Å². The summed E-state index contributed by atoms with van der Waals surface area (Å²) in [6.07, 6.45) is 3.70. The Bertz CT molecular complexity index is 1010. The van der Waals surface area contributed by atoms with Crippen LogP contribution in [0.15, 0.2) is 60.7 Å². The SMILES string of the molecule is Cc1cc(C)cc(NC(=O)[C@H]2[C@H]3C(=O)N(Cc4ccccc4)C(=O)[C@@H]3C=C[C@H]2C)c1. The van der Waals surface area contributed by atoms with Crippen molar-refractivity contribution in [1.82, 2.24) is 4.90 Å². The molecule has 0 saturated carbocycles. The molecule has 1 aliphatic heterocycles. The number of hydrogen-bond acceptors (Lipinski definition) is 3. The van der Waals surface area contributed by atoms with E-state index in [1.165, 1.54) is 4.90 Å². The minimum atomic E-state index is -0.660. The third-order valence-electron chi connectivity index (χ3n) is 6.04. The smallest absolute Gasteiger partial charge is 0.237 e. The highest BCUT2D eigenvalue weighted by Gasteiger charge is 2.54. The third-order valence-corrected chi connectivity index (χ3v) is 6.04. The number of likely N-dealkylation sites (tertiary alicyclic amines) is 1. The quantitative estimate of drug-likeness (QED) is 0.624. The van der Waals surface area contributed by atoms with Crippen LogP contribution in [0, 0.1) is 37.5 Å². The molecule has 1 saturated heterocycles. The van der Waals surface area contributed by atoms with Crippen molar-refractivity contribution in [3.63, 3.8) is 0 Å². The van der Waals surface area contributed by atoms with Crippen molar-refractivity contribution < 1.29 is 14.4 Å². The van der Waals surface area contributed by atoms with Crippen molar-refractivity contribution in [1.29, 1.82) is 0 Å². The number of anilines is 1. The summed E-state index contributed by atoms with van der Waals surface area (Å²) in [5.74, 6) is -2.65. The van der Waals surface area contributed by atoms with Crippen LogP contribution in [0.3, 0.4) is 0 Å². The first-order chi connectivity index (χ1) is 14.3. The van der Waals surface area contributed by atoms with Gasteiger partial charge < -0.3 is 5.32 Å². The molecule has 30 heavy (non-hydrogen) atoms. The Labute approximate surface area is 176 Å². The first-order valence-corrected chi connectivity index (χ1v) is 10.3. The van der Waals surface area contributed by atoms with Gasteiger partial charge in [0.1, 0.15) is 0 Å². The summed E-state index contributed by atoms with van der Waals surface area (Å²) in [5.41, 5.74) is 3.72. The molecule has 5 heteroatoms. The topological polar surface area (TPSA) is 66.5 Å². The average molecular weight is 402 g/mol. The number of fused-ring (bicyclic) bond motifs is 1. The number of carbonyl (C=O) groups is 3. The minimum absolute atomic E-state index is 0.134. The molecule has 0 unspecified atom stereocenters. The number of benzene rings is 2. The highest BCUT2D eigenvalue weighted by atomic mass is 16.2. The van der Waals surface area contributed by atoms with Gasteiger partial charge in [0, 0.05) is 5.69 Å². The van der Waals surface area contributed by atoms with E-state index in [2.05, 4.69) is 5.32 Å². The molecule has 4 rings (SSSR count). The van der Waals surface area contributed by atoms with Gasteiger partial charge in [-0.15, -0.1) is 0 Å². The Kier molecular flexibility index (Phi) is 5.29. The number of imide groups is 1. The van der Waals surface area contributed by atoms with Crippen LogP contribution < -0.4 is 5.32 Å². The van der Waals surface area contributed by atoms with Gasteiger partial charge in [0.05, 0.1) is 24.3 Å². The number of amides is 3. The fraction of sp³-hybridized carbons (Fsp3) is 0.320. The molecule has 1 N–H and O–H groups in total. The summed E-state index contributed by atoms with van der Waals surface area (Å²) in [4.78, 5) is 40.8. The van der Waals surface area contributed by atoms with Crippen molar-refractivity contribution in [3.8, 4) is 0 Å². The monoisotopic (exact) mass is 402 g/mol. The van der Waals surface area contributed by atoms with Crippen molar-refractivity contribution in [2.45, 2.75) is 27.3 Å². The molecule has 1 fully saturated rings. The lowest BCUT2D eigenvalue weighted by Gasteiger charge is -2.30. The Hall–Kier alpha value is -3.21. The second-order valence-electron chi connectivity index (χ2n) is 8.44. The van der Waals surface area contributed by atoms with Crippen LogP contribution in [0.25, 0.3) is 0 Å². The van der Waals surface area contributed by atoms with Crippen LogP contribution in [-0.2, 0) is 20.9 Å². The van der Waals surface area contributed by atoms with Crippen LogP contribution in [0.5, 0.6) is 0 Å². The molecule has 2 aromatic carbocycles. The summed E-state index contributed by atoms with van der Waals surface area (Å²) < 4.78 is 0. The molecule has 2 aliphatic rings. The number of rotatable bonds is 4. The second-order valence-corrected chi connectivity index (χ2v) is 8.44. The van der Waals surface area contributed by atoms with Gasteiger partial charge in [0.2, 0.25) is 17.7 Å². The zero-order chi connectivity index (χ0) is 21.4. The number of aryl methyl sites for hydroxylation is 2. The van der Waals surface area contributed by atoms with Gasteiger partial charge in [-0.25, -0.2) is 0 Å². The average Bonchev–Trinajstić information content (AvgIpc) is 2.92. The summed E-state index contributed by atoms with van der Waals surface area (Å²) >= 11 is 0. The van der Waals surface area contributed by atoms with Crippen molar-refractivity contribution in [2.24, 2.45) is 23.7 Å². The molecule has 5 nitrogen and oxygen atoms in total. The Morgan fingerprint density at radius 1 is 0.967 bits per heavy atom. The molecule has 2 aromatic rings. The lowest BCUT2D eigenvalue weighted by molar-refractivity contribution is -0.142. The standard InChI is InChI=1S/C25H26N2O3/c1-15-11-16(2)13-19(12-15)26-23(28)21-17(3)9-10-20-22(21)25(30)27(24(20)29)14-18-7-5-4-6-8-18/h4-13,17,20-22H,14H2,1-3H3,(H,26,28)/t17-,20-,21-,22+/m1/s1. The highest BCUT2D eigenvalue weighted by Crippen LogP contribution is 2.42. The normalized spacial score (nSPS) is 25.4. The van der Waals surface area contributed by atoms with Crippen LogP contribution in [-0.4, -0.2) is 22.6 Å². The van der Waals surface area contributed by atoms with E-state index in [1.807, 2.05) is 75.4 Å². The Balaban J connectivity index is 1.59. The molecule has 0 bridgehead atoms. The maximum Gasteiger partial charge on any atom is 0.237 e. The van der Waals surface area contributed by atoms with Gasteiger partial charge in [-0.2, -0.15) is 0 Å². The fourth-order valence-electron chi connectivity index (χ4n) is 4.69. The largest absolute Gasteiger partial charge is 0.326 e. The number of nitrogens with zero attached hydrogens (tertiary/aromatic N) is 1. The zero-order valence-electron chi connectivity index (χ0n) is 17.5. The summed E-state index contributed by atoms with van der Waals surface area (Å²) in [6.45, 7) is 6.12. The lowest BCUT2D eigenvalue weighted by Crippen LogP contribution is -2.41. The molecular weight excluding hydrogens is 376 g/mol. The predicted molar refractivity (Wildman–Crippen MR) is 115 cm³/mol. The lowest BCUT2D eigenvalue weighted by atomic mass is 9.71. The van der Waals surface area contributed by atoms with E-state index in [4.69, 9.17) is 0 Å². The van der Waals surface area contributed by atoms with Crippen LogP contribution >= 0.6 is 0 Å². The Morgan fingerprint density at radius 2 is 1.63 bits per heavy atom. The van der Waals surface area contributed by atoms with Crippen molar-refractivity contribution in [2.75, 3.05) is 5.32 Å². The van der Waals surface area contributed by atoms with Gasteiger partial charge >= 0.3 is 0 Å². The highest BCUT2D eigenvalue weighted by molar-refractivity contribution is 6.09. The van der Waals surface area contributed by atoms with E-state index in [-0.39, 0.29) is 30.2 Å². The molecule has 1 aliphatic carbocycles. The van der Waals surface area contributed by atoms with E-state index in [0.717, 1.165) is 16.7 Å². The van der Waals surface area contributed by atoms with Gasteiger partial charge in [-0.05, 0) is 48.6 Å². The molecule has 4 atom stereocenters. The van der Waals surface area contributed by atoms with E-state index >= 15 is 0 Å². The first kappa shape index (κ1) is 20.1. The number of allylic oxidation sites excluding steroid dienone is 1. The van der Waals surface area contributed by atoms with Crippen molar-refractivity contribution >= 4 is 23.4 Å². The van der Waals surface area contributed by atoms with Crippen LogP contribution in [0.2, 0.25) is 0 Å². The van der Waals surface area contributed by atoms with Crippen molar-refractivity contribution in [3.05, 3.63) is 77.4 Å². The zero-order valence-corrected chi connectivity index (χ0v) is 17.5. The number of carbonyl (C=O) groups excluding carboxylic acids is 3. The van der Waals surface area contributed by atoms with Gasteiger partial charge in [-0.3, -0.25) is 19.3 Å². The maximum atomic E-state index is 13.3. The van der Waals surface area contributed by atoms with Gasteiger partial charge in [0.25, 0.3) is 0 Å². The fourth-order valence-corrected chi connectivity index (χ4v) is 4.69. The molecule has 0 aromatic heterocycles. The minimum Gasteiger partial charge on any atom is -0.326 e. The maximum absolute atomic E-state index is 13.3. The molecule has 154 valence electrons. The van der Waals surface area contributed by atoms with Gasteiger partial charge in [0.15, 0.2) is 0 Å². The molecule has 1 heterocycles. The van der Waals surface area contributed by atoms with Gasteiger partial charge in [-0.1, -0.05) is 55.5 Å². The van der Waals surface area contributed by atoms with Crippen LogP contribution in [0.4, 0.5) is 5.69 Å². The molecule has 0 radical (unpaired) electrons. The molecule has 3 amide bonds. The number of hydrogen-bond donors (Lipinski definition) is 1.